The third kappa shape index (κ3) is 50.2. The summed E-state index contributed by atoms with van der Waals surface area (Å²) in [6, 6.07) is 0. The Balaban J connectivity index is 4.24. The molecule has 0 aromatic carbocycles. The van der Waals surface area contributed by atoms with Gasteiger partial charge < -0.3 is 14.2 Å². The Bertz CT molecular complexity index is 1110. The Morgan fingerprint density at radius 2 is 0.619 bits per heavy atom. The smallest absolute Gasteiger partial charge is 0.306 e. The Labute approximate surface area is 390 Å². The summed E-state index contributed by atoms with van der Waals surface area (Å²) in [5.74, 6) is -0.873. The van der Waals surface area contributed by atoms with Crippen LogP contribution in [0.25, 0.3) is 0 Å². The minimum absolute atomic E-state index is 0.0722. The molecule has 0 fully saturated rings. The van der Waals surface area contributed by atoms with Crippen molar-refractivity contribution in [3.8, 4) is 0 Å². The lowest BCUT2D eigenvalue weighted by molar-refractivity contribution is -0.167. The largest absolute Gasteiger partial charge is 0.462 e. The maximum absolute atomic E-state index is 12.8. The zero-order valence-electron chi connectivity index (χ0n) is 41.8. The van der Waals surface area contributed by atoms with Gasteiger partial charge in [-0.2, -0.15) is 0 Å². The van der Waals surface area contributed by atoms with Gasteiger partial charge in [-0.3, -0.25) is 14.4 Å². The Morgan fingerprint density at radius 1 is 0.333 bits per heavy atom. The van der Waals surface area contributed by atoms with Crippen molar-refractivity contribution in [1.29, 1.82) is 0 Å². The average Bonchev–Trinajstić information content (AvgIpc) is 3.28. The highest BCUT2D eigenvalue weighted by Crippen LogP contribution is 2.16. The molecule has 6 heteroatoms. The van der Waals surface area contributed by atoms with Gasteiger partial charge in [-0.1, -0.05) is 249 Å². The molecule has 0 heterocycles. The Hall–Kier alpha value is -2.63. The van der Waals surface area contributed by atoms with Crippen molar-refractivity contribution in [2.24, 2.45) is 0 Å². The van der Waals surface area contributed by atoms with Crippen LogP contribution in [0.3, 0.4) is 0 Å². The van der Waals surface area contributed by atoms with Crippen molar-refractivity contribution in [3.63, 3.8) is 0 Å². The fourth-order valence-corrected chi connectivity index (χ4v) is 7.79. The number of carbonyl (C=O) groups is 3. The maximum atomic E-state index is 12.8. The second-order valence-corrected chi connectivity index (χ2v) is 18.1. The number of esters is 3. The highest BCUT2D eigenvalue weighted by atomic mass is 16.6. The number of unbranched alkanes of at least 4 members (excludes halogenated alkanes) is 30. The lowest BCUT2D eigenvalue weighted by Crippen LogP contribution is -2.30. The molecule has 366 valence electrons. The van der Waals surface area contributed by atoms with Crippen LogP contribution in [-0.2, 0) is 28.6 Å². The van der Waals surface area contributed by atoms with Gasteiger partial charge in [-0.15, -0.1) is 0 Å². The van der Waals surface area contributed by atoms with Crippen LogP contribution in [0.2, 0.25) is 0 Å². The minimum atomic E-state index is -0.770. The molecule has 0 amide bonds. The average molecular weight is 883 g/mol. The molecule has 0 N–H and O–H groups in total. The van der Waals surface area contributed by atoms with E-state index in [9.17, 15) is 14.4 Å². The van der Waals surface area contributed by atoms with Gasteiger partial charge in [0, 0.05) is 19.3 Å². The molecule has 0 aromatic heterocycles. The molecule has 0 rings (SSSR count). The molecular weight excluding hydrogens is 781 g/mol. The van der Waals surface area contributed by atoms with Crippen LogP contribution in [-0.4, -0.2) is 37.2 Å². The molecule has 0 spiro atoms. The molecular formula is C57H102O6. The number of hydrogen-bond donors (Lipinski definition) is 0. The van der Waals surface area contributed by atoms with Gasteiger partial charge in [0.25, 0.3) is 0 Å². The fourth-order valence-electron chi connectivity index (χ4n) is 7.79. The van der Waals surface area contributed by atoms with Gasteiger partial charge in [0.1, 0.15) is 13.2 Å². The topological polar surface area (TPSA) is 78.9 Å². The normalized spacial score (nSPS) is 12.4. The van der Waals surface area contributed by atoms with Crippen LogP contribution in [0.15, 0.2) is 48.6 Å². The number of hydrogen-bond acceptors (Lipinski definition) is 6. The zero-order valence-corrected chi connectivity index (χ0v) is 41.8. The van der Waals surface area contributed by atoms with E-state index in [1.807, 2.05) is 0 Å². The van der Waals surface area contributed by atoms with Gasteiger partial charge in [0.15, 0.2) is 6.10 Å². The lowest BCUT2D eigenvalue weighted by Gasteiger charge is -2.18. The van der Waals surface area contributed by atoms with Gasteiger partial charge in [-0.25, -0.2) is 0 Å². The van der Waals surface area contributed by atoms with E-state index in [-0.39, 0.29) is 31.1 Å². The van der Waals surface area contributed by atoms with Gasteiger partial charge in [0.05, 0.1) is 0 Å². The molecule has 63 heavy (non-hydrogen) atoms. The van der Waals surface area contributed by atoms with Gasteiger partial charge in [0.2, 0.25) is 0 Å². The Kier molecular flexibility index (Phi) is 49.8. The van der Waals surface area contributed by atoms with Crippen molar-refractivity contribution >= 4 is 17.9 Å². The molecule has 0 saturated heterocycles. The summed E-state index contributed by atoms with van der Waals surface area (Å²) in [5.41, 5.74) is 0. The quantitative estimate of drug-likeness (QED) is 0.0262. The molecule has 0 aliphatic carbocycles. The maximum Gasteiger partial charge on any atom is 0.306 e. The molecule has 1 unspecified atom stereocenters. The monoisotopic (exact) mass is 883 g/mol. The number of carbonyl (C=O) groups excluding carboxylic acids is 3. The predicted octanol–water partition coefficient (Wildman–Crippen LogP) is 17.9. The third-order valence-electron chi connectivity index (χ3n) is 11.8. The molecule has 0 aliphatic heterocycles. The van der Waals surface area contributed by atoms with Crippen LogP contribution in [0, 0.1) is 0 Å². The van der Waals surface area contributed by atoms with Gasteiger partial charge in [-0.05, 0) is 57.8 Å². The van der Waals surface area contributed by atoms with Crippen LogP contribution >= 0.6 is 0 Å². The van der Waals surface area contributed by atoms with Crippen LogP contribution in [0.5, 0.6) is 0 Å². The molecule has 0 aromatic rings. The number of rotatable bonds is 49. The highest BCUT2D eigenvalue weighted by Gasteiger charge is 2.19. The second-order valence-electron chi connectivity index (χ2n) is 18.1. The van der Waals surface area contributed by atoms with Crippen molar-refractivity contribution < 1.29 is 28.6 Å². The Morgan fingerprint density at radius 3 is 0.968 bits per heavy atom. The summed E-state index contributed by atoms with van der Waals surface area (Å²) in [7, 11) is 0. The zero-order chi connectivity index (χ0) is 45.8. The molecule has 0 radical (unpaired) electrons. The highest BCUT2D eigenvalue weighted by molar-refractivity contribution is 5.71. The van der Waals surface area contributed by atoms with Crippen molar-refractivity contribution in [3.05, 3.63) is 48.6 Å². The summed E-state index contributed by atoms with van der Waals surface area (Å²) < 4.78 is 16.8. The molecule has 0 saturated carbocycles. The van der Waals surface area contributed by atoms with E-state index < -0.39 is 6.10 Å². The molecule has 0 bridgehead atoms. The summed E-state index contributed by atoms with van der Waals surface area (Å²) in [6.45, 7) is 6.52. The van der Waals surface area contributed by atoms with E-state index in [1.54, 1.807) is 0 Å². The van der Waals surface area contributed by atoms with E-state index in [1.165, 1.54) is 148 Å². The van der Waals surface area contributed by atoms with Crippen molar-refractivity contribution in [1.82, 2.24) is 0 Å². The fraction of sp³-hybridized carbons (Fsp3) is 0.807. The van der Waals surface area contributed by atoms with E-state index >= 15 is 0 Å². The first-order chi connectivity index (χ1) is 31.0. The summed E-state index contributed by atoms with van der Waals surface area (Å²) in [4.78, 5) is 37.9. The van der Waals surface area contributed by atoms with E-state index in [2.05, 4.69) is 69.4 Å². The summed E-state index contributed by atoms with van der Waals surface area (Å²) in [6.07, 6.45) is 62.5. The first-order valence-corrected chi connectivity index (χ1v) is 27.1. The van der Waals surface area contributed by atoms with Crippen LogP contribution in [0.1, 0.15) is 278 Å². The first-order valence-electron chi connectivity index (χ1n) is 27.1. The van der Waals surface area contributed by atoms with Crippen molar-refractivity contribution in [2.45, 2.75) is 284 Å². The van der Waals surface area contributed by atoms with Crippen LogP contribution in [0.4, 0.5) is 0 Å². The van der Waals surface area contributed by atoms with Crippen molar-refractivity contribution in [2.75, 3.05) is 13.2 Å². The van der Waals surface area contributed by atoms with E-state index in [4.69, 9.17) is 14.2 Å². The third-order valence-corrected chi connectivity index (χ3v) is 11.8. The minimum Gasteiger partial charge on any atom is -0.462 e. The summed E-state index contributed by atoms with van der Waals surface area (Å²) >= 11 is 0. The molecule has 6 nitrogen and oxygen atoms in total. The second kappa shape index (κ2) is 52.0. The standard InChI is InChI=1S/C57H102O6/c1-4-7-10-13-16-19-21-23-25-27-28-29-30-31-33-34-36-38-41-44-47-50-56(59)62-53-54(52-61-55(58)49-46-43-40-18-15-12-9-6-3)63-57(60)51-48-45-42-39-37-35-32-26-24-22-20-17-14-11-8-5-2/h7,10,16,19,23,25,28-29,54H,4-6,8-9,11-15,17-18,20-22,24,26-27,30-53H2,1-3H3/b10-7-,19-16-,25-23-,29-28-. The molecule has 1 atom stereocenters. The predicted molar refractivity (Wildman–Crippen MR) is 270 cm³/mol. The van der Waals surface area contributed by atoms with Gasteiger partial charge >= 0.3 is 17.9 Å². The summed E-state index contributed by atoms with van der Waals surface area (Å²) in [5, 5.41) is 0. The SMILES string of the molecule is CC/C=C\C/C=C\C/C=C\C/C=C\CCCCCCCCCCC(=O)OCC(COC(=O)CCCCCCCCCC)OC(=O)CCCCCCCCCCCCCCCCCC. The molecule has 0 aliphatic rings. The first kappa shape index (κ1) is 60.4. The number of allylic oxidation sites excluding steroid dienone is 8. The number of ether oxygens (including phenoxy) is 3. The lowest BCUT2D eigenvalue weighted by atomic mass is 10.0. The van der Waals surface area contributed by atoms with E-state index in [0.717, 1.165) is 89.9 Å². The van der Waals surface area contributed by atoms with Crippen LogP contribution < -0.4 is 0 Å². The van der Waals surface area contributed by atoms with E-state index in [0.29, 0.717) is 19.3 Å².